The molecule has 0 unspecified atom stereocenters. The smallest absolute Gasteiger partial charge is 0.414 e. The normalized spacial score (nSPS) is 10.1. The van der Waals surface area contributed by atoms with Gasteiger partial charge in [0.2, 0.25) is 5.95 Å². The van der Waals surface area contributed by atoms with Crippen LogP contribution in [-0.2, 0) is 23.2 Å². The van der Waals surface area contributed by atoms with Gasteiger partial charge in [-0.15, -0.1) is 0 Å². The van der Waals surface area contributed by atoms with Gasteiger partial charge in [0, 0.05) is 18.1 Å². The number of imidazole rings is 1. The highest BCUT2D eigenvalue weighted by atomic mass is 79.9. The van der Waals surface area contributed by atoms with Gasteiger partial charge in [-0.1, -0.05) is 63.4 Å². The average molecular weight is 501 g/mol. The molecule has 3 rings (SSSR count). The van der Waals surface area contributed by atoms with Crippen molar-refractivity contribution in [1.29, 1.82) is 0 Å². The molecule has 7 nitrogen and oxygen atoms in total. The monoisotopic (exact) mass is 499 g/mol. The van der Waals surface area contributed by atoms with E-state index in [4.69, 9.17) is 43.0 Å². The van der Waals surface area contributed by atoms with E-state index >= 15 is 0 Å². The van der Waals surface area contributed by atoms with Crippen LogP contribution in [0.3, 0.4) is 0 Å². The zero-order valence-corrected chi connectivity index (χ0v) is 18.2. The van der Waals surface area contributed by atoms with Gasteiger partial charge in [0.05, 0.1) is 21.9 Å². The second-order valence-electron chi connectivity index (χ2n) is 5.71. The summed E-state index contributed by atoms with van der Waals surface area (Å²) in [6.45, 7) is 0.560. The summed E-state index contributed by atoms with van der Waals surface area (Å²) < 4.78 is 3.07. The molecule has 0 amide bonds. The third-order valence-electron chi connectivity index (χ3n) is 3.78. The standard InChI is InChI=1S/C17H14BrCl2N3.C2H2O4/c1-23-15(11-5-7-13(18)8-6-11)10-22-17(23)21-9-12-3-2-4-14(19)16(12)20;3-1(4)2(5)6/h2-8,10H,9H2,1H3,(H,21,22);(H,3,4)(H,5,6). The second-order valence-corrected chi connectivity index (χ2v) is 7.41. The van der Waals surface area contributed by atoms with Gasteiger partial charge in [0.1, 0.15) is 0 Å². The van der Waals surface area contributed by atoms with Gasteiger partial charge in [0.25, 0.3) is 0 Å². The summed E-state index contributed by atoms with van der Waals surface area (Å²) in [5.41, 5.74) is 3.08. The van der Waals surface area contributed by atoms with Crippen molar-refractivity contribution < 1.29 is 19.8 Å². The fourth-order valence-electron chi connectivity index (χ4n) is 2.32. The lowest BCUT2D eigenvalue weighted by atomic mass is 10.2. The zero-order valence-electron chi connectivity index (χ0n) is 15.1. The molecule has 152 valence electrons. The highest BCUT2D eigenvalue weighted by Crippen LogP contribution is 2.27. The number of benzene rings is 2. The van der Waals surface area contributed by atoms with Crippen molar-refractivity contribution in [2.75, 3.05) is 5.32 Å². The molecule has 0 radical (unpaired) electrons. The van der Waals surface area contributed by atoms with Crippen LogP contribution in [0, 0.1) is 0 Å². The van der Waals surface area contributed by atoms with E-state index in [0.717, 1.165) is 27.2 Å². The number of aliphatic carboxylic acids is 2. The number of aromatic nitrogens is 2. The molecule has 0 aliphatic rings. The molecule has 3 aromatic rings. The number of rotatable bonds is 4. The van der Waals surface area contributed by atoms with Crippen molar-refractivity contribution in [2.45, 2.75) is 6.54 Å². The Bertz CT molecular complexity index is 1010. The number of halogens is 3. The number of carbonyl (C=O) groups is 2. The Morgan fingerprint density at radius 3 is 2.31 bits per heavy atom. The van der Waals surface area contributed by atoms with Gasteiger partial charge in [-0.05, 0) is 29.3 Å². The molecular weight excluding hydrogens is 485 g/mol. The maximum Gasteiger partial charge on any atom is 0.414 e. The molecule has 0 atom stereocenters. The molecule has 0 saturated carbocycles. The molecule has 10 heteroatoms. The zero-order chi connectivity index (χ0) is 21.6. The van der Waals surface area contributed by atoms with E-state index in [9.17, 15) is 0 Å². The van der Waals surface area contributed by atoms with Gasteiger partial charge >= 0.3 is 11.9 Å². The fraction of sp³-hybridized carbons (Fsp3) is 0.105. The second kappa shape index (κ2) is 10.3. The third-order valence-corrected chi connectivity index (χ3v) is 5.17. The van der Waals surface area contributed by atoms with Crippen LogP contribution in [0.4, 0.5) is 5.95 Å². The SMILES string of the molecule is Cn1c(-c2ccc(Br)cc2)cnc1NCc1cccc(Cl)c1Cl.O=C(O)C(=O)O. The lowest BCUT2D eigenvalue weighted by molar-refractivity contribution is -0.159. The average Bonchev–Trinajstić information content (AvgIpc) is 3.04. The number of nitrogens with zero attached hydrogens (tertiary/aromatic N) is 2. The first-order chi connectivity index (χ1) is 13.7. The van der Waals surface area contributed by atoms with E-state index in [2.05, 4.69) is 38.4 Å². The highest BCUT2D eigenvalue weighted by Gasteiger charge is 2.10. The Hall–Kier alpha value is -2.55. The van der Waals surface area contributed by atoms with Gasteiger partial charge < -0.3 is 20.1 Å². The van der Waals surface area contributed by atoms with E-state index in [1.807, 2.05) is 42.1 Å². The molecule has 0 aliphatic heterocycles. The van der Waals surface area contributed by atoms with Crippen LogP contribution in [-0.4, -0.2) is 31.7 Å². The molecule has 0 fully saturated rings. The topological polar surface area (TPSA) is 104 Å². The fourth-order valence-corrected chi connectivity index (χ4v) is 2.97. The largest absolute Gasteiger partial charge is 0.473 e. The van der Waals surface area contributed by atoms with Crippen molar-refractivity contribution in [3.8, 4) is 11.3 Å². The third kappa shape index (κ3) is 6.22. The van der Waals surface area contributed by atoms with Crippen molar-refractivity contribution in [2.24, 2.45) is 7.05 Å². The number of anilines is 1. The van der Waals surface area contributed by atoms with E-state index in [1.165, 1.54) is 0 Å². The molecular formula is C19H16BrCl2N3O4. The Balaban J connectivity index is 0.000000438. The molecule has 0 aliphatic carbocycles. The lowest BCUT2D eigenvalue weighted by Gasteiger charge is -2.10. The predicted molar refractivity (Wildman–Crippen MR) is 115 cm³/mol. The summed E-state index contributed by atoms with van der Waals surface area (Å²) in [5, 5.41) is 19.2. The summed E-state index contributed by atoms with van der Waals surface area (Å²) in [4.78, 5) is 22.6. The van der Waals surface area contributed by atoms with Crippen molar-refractivity contribution in [1.82, 2.24) is 9.55 Å². The van der Waals surface area contributed by atoms with E-state index < -0.39 is 11.9 Å². The highest BCUT2D eigenvalue weighted by molar-refractivity contribution is 9.10. The predicted octanol–water partition coefficient (Wildman–Crippen LogP) is 4.92. The Labute approximate surface area is 185 Å². The van der Waals surface area contributed by atoms with Crippen LogP contribution in [0.15, 0.2) is 53.1 Å². The Morgan fingerprint density at radius 1 is 1.10 bits per heavy atom. The number of carboxylic acids is 2. The molecule has 0 saturated heterocycles. The molecule has 1 heterocycles. The van der Waals surface area contributed by atoms with Crippen molar-refractivity contribution in [3.63, 3.8) is 0 Å². The van der Waals surface area contributed by atoms with Gasteiger partial charge in [-0.2, -0.15) is 0 Å². The van der Waals surface area contributed by atoms with Gasteiger partial charge in [-0.25, -0.2) is 14.6 Å². The molecule has 3 N–H and O–H groups in total. The van der Waals surface area contributed by atoms with E-state index in [1.54, 1.807) is 6.07 Å². The molecule has 0 spiro atoms. The number of hydrogen-bond acceptors (Lipinski definition) is 4. The maximum absolute atomic E-state index is 9.10. The minimum absolute atomic E-state index is 0.557. The van der Waals surface area contributed by atoms with Crippen molar-refractivity contribution in [3.05, 3.63) is 68.7 Å². The first-order valence-corrected chi connectivity index (χ1v) is 9.66. The van der Waals surface area contributed by atoms with Crippen LogP contribution in [0.5, 0.6) is 0 Å². The maximum atomic E-state index is 9.10. The van der Waals surface area contributed by atoms with Crippen LogP contribution in [0.25, 0.3) is 11.3 Å². The van der Waals surface area contributed by atoms with Crippen molar-refractivity contribution >= 4 is 57.0 Å². The summed E-state index contributed by atoms with van der Waals surface area (Å²) in [6.07, 6.45) is 1.85. The Kier molecular flexibility index (Phi) is 8.07. The first-order valence-electron chi connectivity index (χ1n) is 8.11. The molecule has 2 aromatic carbocycles. The lowest BCUT2D eigenvalue weighted by Crippen LogP contribution is -2.09. The Morgan fingerprint density at radius 2 is 1.72 bits per heavy atom. The minimum atomic E-state index is -1.82. The van der Waals surface area contributed by atoms with Crippen LogP contribution >= 0.6 is 39.1 Å². The van der Waals surface area contributed by atoms with Crippen LogP contribution in [0.2, 0.25) is 10.0 Å². The first kappa shape index (κ1) is 22.7. The molecule has 0 bridgehead atoms. The number of hydrogen-bond donors (Lipinski definition) is 3. The summed E-state index contributed by atoms with van der Waals surface area (Å²) in [7, 11) is 1.98. The van der Waals surface area contributed by atoms with Crippen LogP contribution in [0.1, 0.15) is 5.56 Å². The van der Waals surface area contributed by atoms with E-state index in [-0.39, 0.29) is 0 Å². The molecule has 1 aromatic heterocycles. The quantitative estimate of drug-likeness (QED) is 0.439. The summed E-state index contributed by atoms with van der Waals surface area (Å²) >= 11 is 15.7. The summed E-state index contributed by atoms with van der Waals surface area (Å²) in [5.74, 6) is -2.87. The van der Waals surface area contributed by atoms with Gasteiger partial charge in [-0.3, -0.25) is 0 Å². The minimum Gasteiger partial charge on any atom is -0.473 e. The number of carboxylic acid groups (broad SMARTS) is 2. The van der Waals surface area contributed by atoms with Crippen LogP contribution < -0.4 is 5.32 Å². The van der Waals surface area contributed by atoms with E-state index in [0.29, 0.717) is 16.6 Å². The molecule has 29 heavy (non-hydrogen) atoms. The van der Waals surface area contributed by atoms with Gasteiger partial charge in [0.15, 0.2) is 0 Å². The summed E-state index contributed by atoms with van der Waals surface area (Å²) in [6, 6.07) is 13.7. The number of nitrogens with one attached hydrogen (secondary N) is 1.